The van der Waals surface area contributed by atoms with Crippen LogP contribution in [0.5, 0.6) is 0 Å². The molecule has 3 rings (SSSR count). The largest absolute Gasteiger partial charge is 0.330 e. The van der Waals surface area contributed by atoms with Gasteiger partial charge in [-0.05, 0) is 23.6 Å². The molecule has 1 N–H and O–H groups in total. The van der Waals surface area contributed by atoms with E-state index in [9.17, 15) is 9.59 Å². The minimum absolute atomic E-state index is 0.316. The maximum Gasteiger partial charge on any atom is 0.330 e. The molecule has 0 saturated carbocycles. The zero-order valence-corrected chi connectivity index (χ0v) is 14.7. The fourth-order valence-electron chi connectivity index (χ4n) is 2.00. The van der Waals surface area contributed by atoms with Crippen molar-refractivity contribution in [2.24, 2.45) is 14.1 Å². The van der Waals surface area contributed by atoms with Crippen LogP contribution >= 0.6 is 23.1 Å². The number of H-pyrrole nitrogens is 1. The van der Waals surface area contributed by atoms with Crippen LogP contribution in [0.3, 0.4) is 0 Å². The average Bonchev–Trinajstić information content (AvgIpc) is 3.24. The summed E-state index contributed by atoms with van der Waals surface area (Å²) in [6.07, 6.45) is 3.82. The second-order valence-electron chi connectivity index (χ2n) is 5.02. The molecule has 0 bridgehead atoms. The molecule has 0 aliphatic rings. The Hall–Kier alpha value is -2.39. The molecule has 24 heavy (non-hydrogen) atoms. The van der Waals surface area contributed by atoms with Gasteiger partial charge in [0.2, 0.25) is 5.16 Å². The Bertz CT molecular complexity index is 982. The van der Waals surface area contributed by atoms with E-state index < -0.39 is 0 Å². The van der Waals surface area contributed by atoms with E-state index in [2.05, 4.69) is 15.2 Å². The topological polar surface area (TPSA) is 85.6 Å². The number of thioether (sulfide) groups is 1. The summed E-state index contributed by atoms with van der Waals surface area (Å²) < 4.78 is 2.53. The third kappa shape index (κ3) is 3.57. The Morgan fingerprint density at radius 3 is 2.88 bits per heavy atom. The molecular weight excluding hydrogens is 346 g/mol. The zero-order chi connectivity index (χ0) is 17.1. The van der Waals surface area contributed by atoms with Crippen LogP contribution in [-0.4, -0.2) is 24.3 Å². The molecule has 0 spiro atoms. The van der Waals surface area contributed by atoms with Gasteiger partial charge in [0.05, 0.1) is 0 Å². The first-order valence-corrected chi connectivity index (χ1v) is 8.94. The van der Waals surface area contributed by atoms with Crippen LogP contribution in [0.25, 0.3) is 12.2 Å². The van der Waals surface area contributed by atoms with E-state index in [4.69, 9.17) is 0 Å². The first-order chi connectivity index (χ1) is 11.5. The molecule has 0 radical (unpaired) electrons. The van der Waals surface area contributed by atoms with Crippen molar-refractivity contribution >= 4 is 35.3 Å². The van der Waals surface area contributed by atoms with Gasteiger partial charge in [0.15, 0.2) is 0 Å². The highest BCUT2D eigenvalue weighted by Crippen LogP contribution is 2.18. The van der Waals surface area contributed by atoms with E-state index in [1.54, 1.807) is 18.4 Å². The van der Waals surface area contributed by atoms with Crippen molar-refractivity contribution in [2.45, 2.75) is 10.9 Å². The van der Waals surface area contributed by atoms with E-state index in [1.165, 1.54) is 29.4 Å². The summed E-state index contributed by atoms with van der Waals surface area (Å²) in [4.78, 5) is 29.1. The van der Waals surface area contributed by atoms with Crippen molar-refractivity contribution in [1.82, 2.24) is 24.3 Å². The number of aromatic nitrogens is 5. The van der Waals surface area contributed by atoms with Crippen LogP contribution in [0.15, 0.2) is 38.3 Å². The highest BCUT2D eigenvalue weighted by Gasteiger charge is 2.08. The van der Waals surface area contributed by atoms with E-state index in [0.29, 0.717) is 22.4 Å². The summed E-state index contributed by atoms with van der Waals surface area (Å²) in [6.45, 7) is 0. The summed E-state index contributed by atoms with van der Waals surface area (Å²) in [5, 5.41) is 9.56. The smallest absolute Gasteiger partial charge is 0.300 e. The molecule has 124 valence electrons. The average molecular weight is 361 g/mol. The Kier molecular flexibility index (Phi) is 4.81. The molecule has 3 heterocycles. The van der Waals surface area contributed by atoms with E-state index >= 15 is 0 Å². The van der Waals surface area contributed by atoms with Gasteiger partial charge in [-0.3, -0.25) is 19.0 Å². The number of rotatable bonds is 5. The molecule has 0 aliphatic carbocycles. The zero-order valence-electron chi connectivity index (χ0n) is 13.1. The summed E-state index contributed by atoms with van der Waals surface area (Å²) >= 11 is 3.01. The van der Waals surface area contributed by atoms with Gasteiger partial charge in [-0.25, -0.2) is 9.78 Å². The third-order valence-corrected chi connectivity index (χ3v) is 5.12. The van der Waals surface area contributed by atoms with Gasteiger partial charge in [-0.1, -0.05) is 17.8 Å². The van der Waals surface area contributed by atoms with E-state index in [-0.39, 0.29) is 11.2 Å². The molecule has 0 amide bonds. The maximum absolute atomic E-state index is 11.9. The van der Waals surface area contributed by atoms with Gasteiger partial charge in [-0.2, -0.15) is 0 Å². The minimum atomic E-state index is -0.340. The van der Waals surface area contributed by atoms with Gasteiger partial charge < -0.3 is 0 Å². The quantitative estimate of drug-likeness (QED) is 0.700. The van der Waals surface area contributed by atoms with Gasteiger partial charge in [0.1, 0.15) is 5.82 Å². The number of nitrogens with one attached hydrogen (secondary N) is 1. The second kappa shape index (κ2) is 7.02. The van der Waals surface area contributed by atoms with Crippen molar-refractivity contribution < 1.29 is 0 Å². The standard InChI is InChI=1S/C15H15N5O2S2/c1-19-10(8-13(21)20(2)15(19)22)9-24-14-16-12(17-18-14)6-5-11-4-3-7-23-11/h3-8H,9H2,1-2H3,(H,16,17,18). The molecule has 0 aromatic carbocycles. The molecule has 3 aromatic heterocycles. The highest BCUT2D eigenvalue weighted by molar-refractivity contribution is 7.98. The molecular formula is C15H15N5O2S2. The number of thiophene rings is 1. The summed E-state index contributed by atoms with van der Waals surface area (Å²) in [5.74, 6) is 1.09. The Labute approximate surface area is 145 Å². The Balaban J connectivity index is 1.70. The second-order valence-corrected chi connectivity index (χ2v) is 6.94. The summed E-state index contributed by atoms with van der Waals surface area (Å²) in [7, 11) is 3.11. The van der Waals surface area contributed by atoms with Crippen LogP contribution < -0.4 is 11.2 Å². The van der Waals surface area contributed by atoms with Gasteiger partial charge in [-0.15, -0.1) is 16.4 Å². The van der Waals surface area contributed by atoms with Crippen molar-refractivity contribution in [3.05, 3.63) is 60.8 Å². The number of hydrogen-bond acceptors (Lipinski definition) is 6. The first-order valence-electron chi connectivity index (χ1n) is 7.07. The molecule has 7 nitrogen and oxygen atoms in total. The summed E-state index contributed by atoms with van der Waals surface area (Å²) in [6, 6.07) is 5.46. The van der Waals surface area contributed by atoms with Gasteiger partial charge >= 0.3 is 5.69 Å². The fraction of sp³-hybridized carbons (Fsp3) is 0.200. The lowest BCUT2D eigenvalue weighted by Crippen LogP contribution is -2.37. The SMILES string of the molecule is Cn1c(CSc2n[nH]c(C=Cc3cccs3)n2)cc(=O)n(C)c1=O. The molecule has 0 aliphatic heterocycles. The van der Waals surface area contributed by atoms with Crippen LogP contribution in [0.2, 0.25) is 0 Å². The number of aromatic amines is 1. The maximum atomic E-state index is 11.9. The van der Waals surface area contributed by atoms with Crippen LogP contribution in [-0.2, 0) is 19.8 Å². The summed E-state index contributed by atoms with van der Waals surface area (Å²) in [5.41, 5.74) is -0.0236. The van der Waals surface area contributed by atoms with Crippen molar-refractivity contribution in [2.75, 3.05) is 0 Å². The molecule has 9 heteroatoms. The lowest BCUT2D eigenvalue weighted by Gasteiger charge is -2.07. The predicted molar refractivity (Wildman–Crippen MR) is 96.1 cm³/mol. The highest BCUT2D eigenvalue weighted by atomic mass is 32.2. The van der Waals surface area contributed by atoms with Crippen molar-refractivity contribution in [3.63, 3.8) is 0 Å². The molecule has 0 unspecified atom stereocenters. The molecule has 0 fully saturated rings. The Morgan fingerprint density at radius 1 is 1.29 bits per heavy atom. The molecule has 0 atom stereocenters. The van der Waals surface area contributed by atoms with E-state index in [0.717, 1.165) is 9.44 Å². The van der Waals surface area contributed by atoms with Crippen LogP contribution in [0.4, 0.5) is 0 Å². The Morgan fingerprint density at radius 2 is 2.12 bits per heavy atom. The lowest BCUT2D eigenvalue weighted by atomic mass is 10.4. The van der Waals surface area contributed by atoms with Gasteiger partial charge in [0.25, 0.3) is 5.56 Å². The van der Waals surface area contributed by atoms with Crippen LogP contribution in [0.1, 0.15) is 16.4 Å². The monoisotopic (exact) mass is 361 g/mol. The lowest BCUT2D eigenvalue weighted by molar-refractivity contribution is 0.665. The predicted octanol–water partition coefficient (Wildman–Crippen LogP) is 1.73. The fourth-order valence-corrected chi connectivity index (χ4v) is 3.44. The van der Waals surface area contributed by atoms with Crippen molar-refractivity contribution in [1.29, 1.82) is 0 Å². The third-order valence-electron chi connectivity index (χ3n) is 3.41. The number of hydrogen-bond donors (Lipinski definition) is 1. The van der Waals surface area contributed by atoms with Crippen LogP contribution in [0, 0.1) is 0 Å². The number of nitrogens with zero attached hydrogens (tertiary/aromatic N) is 4. The van der Waals surface area contributed by atoms with E-state index in [1.807, 2.05) is 29.7 Å². The van der Waals surface area contributed by atoms with Gasteiger partial charge in [0, 0.05) is 36.5 Å². The molecule has 3 aromatic rings. The minimum Gasteiger partial charge on any atom is -0.300 e. The molecule has 0 saturated heterocycles. The first kappa shape index (κ1) is 16.5. The van der Waals surface area contributed by atoms with Crippen molar-refractivity contribution in [3.8, 4) is 0 Å². The normalized spacial score (nSPS) is 11.4.